The molecule has 0 saturated carbocycles. The van der Waals surface area contributed by atoms with E-state index in [2.05, 4.69) is 11.4 Å². The van der Waals surface area contributed by atoms with E-state index >= 15 is 0 Å². The lowest BCUT2D eigenvalue weighted by Gasteiger charge is -2.28. The quantitative estimate of drug-likeness (QED) is 0.647. The SMILES string of the molecule is CC(C)Oc1cccc(CCCNC(=O)c2cccc(N3CCCCS3(=O)=O)c2)c1. The number of anilines is 1. The van der Waals surface area contributed by atoms with Gasteiger partial charge < -0.3 is 10.1 Å². The lowest BCUT2D eigenvalue weighted by Crippen LogP contribution is -2.38. The molecule has 0 atom stereocenters. The van der Waals surface area contributed by atoms with Crippen molar-refractivity contribution in [1.29, 1.82) is 0 Å². The van der Waals surface area contributed by atoms with Crippen LogP contribution in [0.15, 0.2) is 48.5 Å². The predicted molar refractivity (Wildman–Crippen MR) is 120 cm³/mol. The second-order valence-electron chi connectivity index (χ2n) is 7.82. The minimum absolute atomic E-state index is 0.134. The van der Waals surface area contributed by atoms with E-state index in [-0.39, 0.29) is 17.8 Å². The smallest absolute Gasteiger partial charge is 0.251 e. The lowest BCUT2D eigenvalue weighted by atomic mass is 10.1. The Hall–Kier alpha value is -2.54. The second kappa shape index (κ2) is 9.98. The Morgan fingerprint density at radius 1 is 1.13 bits per heavy atom. The number of nitrogens with one attached hydrogen (secondary N) is 1. The molecule has 30 heavy (non-hydrogen) atoms. The zero-order valence-corrected chi connectivity index (χ0v) is 18.5. The topological polar surface area (TPSA) is 75.7 Å². The van der Waals surface area contributed by atoms with Gasteiger partial charge in [-0.3, -0.25) is 9.10 Å². The van der Waals surface area contributed by atoms with Gasteiger partial charge in [-0.1, -0.05) is 18.2 Å². The van der Waals surface area contributed by atoms with Gasteiger partial charge in [-0.05, 0) is 75.4 Å². The maximum atomic E-state index is 12.5. The molecule has 1 fully saturated rings. The van der Waals surface area contributed by atoms with Gasteiger partial charge in [0.05, 0.1) is 17.5 Å². The molecular weight excluding hydrogens is 400 g/mol. The van der Waals surface area contributed by atoms with Gasteiger partial charge in [0.1, 0.15) is 5.75 Å². The number of hydrogen-bond acceptors (Lipinski definition) is 4. The normalized spacial score (nSPS) is 15.8. The maximum Gasteiger partial charge on any atom is 0.251 e. The van der Waals surface area contributed by atoms with Gasteiger partial charge in [0, 0.05) is 18.7 Å². The average molecular weight is 431 g/mol. The highest BCUT2D eigenvalue weighted by molar-refractivity contribution is 7.92. The van der Waals surface area contributed by atoms with Crippen molar-refractivity contribution >= 4 is 21.6 Å². The van der Waals surface area contributed by atoms with Gasteiger partial charge in [-0.25, -0.2) is 8.42 Å². The maximum absolute atomic E-state index is 12.5. The predicted octanol–water partition coefficient (Wildman–Crippen LogP) is 3.77. The van der Waals surface area contributed by atoms with Crippen molar-refractivity contribution in [2.45, 2.75) is 45.6 Å². The number of benzene rings is 2. The minimum atomic E-state index is -3.29. The number of rotatable bonds is 8. The molecule has 162 valence electrons. The van der Waals surface area contributed by atoms with E-state index in [1.165, 1.54) is 9.87 Å². The summed E-state index contributed by atoms with van der Waals surface area (Å²) in [7, 11) is -3.29. The number of carbonyl (C=O) groups is 1. The molecule has 0 unspecified atom stereocenters. The van der Waals surface area contributed by atoms with Crippen molar-refractivity contribution in [2.75, 3.05) is 23.1 Å². The van der Waals surface area contributed by atoms with E-state index in [9.17, 15) is 13.2 Å². The summed E-state index contributed by atoms with van der Waals surface area (Å²) in [5.41, 5.74) is 2.20. The highest BCUT2D eigenvalue weighted by atomic mass is 32.2. The highest BCUT2D eigenvalue weighted by Gasteiger charge is 2.26. The van der Waals surface area contributed by atoms with Gasteiger partial charge in [-0.2, -0.15) is 0 Å². The number of carbonyl (C=O) groups excluding carboxylic acids is 1. The monoisotopic (exact) mass is 430 g/mol. The third-order valence-electron chi connectivity index (χ3n) is 4.94. The highest BCUT2D eigenvalue weighted by Crippen LogP contribution is 2.24. The molecule has 1 aliphatic heterocycles. The van der Waals surface area contributed by atoms with E-state index in [0.717, 1.165) is 25.0 Å². The van der Waals surface area contributed by atoms with E-state index in [4.69, 9.17) is 4.74 Å². The van der Waals surface area contributed by atoms with Crippen LogP contribution in [-0.4, -0.2) is 39.3 Å². The first-order chi connectivity index (χ1) is 14.3. The summed E-state index contributed by atoms with van der Waals surface area (Å²) < 4.78 is 31.7. The molecule has 0 spiro atoms. The van der Waals surface area contributed by atoms with Gasteiger partial charge in [0.15, 0.2) is 0 Å². The Morgan fingerprint density at radius 2 is 1.93 bits per heavy atom. The van der Waals surface area contributed by atoms with Crippen LogP contribution < -0.4 is 14.4 Å². The third kappa shape index (κ3) is 5.98. The lowest BCUT2D eigenvalue weighted by molar-refractivity contribution is 0.0953. The van der Waals surface area contributed by atoms with Crippen molar-refractivity contribution < 1.29 is 17.9 Å². The first-order valence-electron chi connectivity index (χ1n) is 10.5. The largest absolute Gasteiger partial charge is 0.491 e. The molecule has 1 aliphatic rings. The van der Waals surface area contributed by atoms with Crippen LogP contribution in [0.25, 0.3) is 0 Å². The van der Waals surface area contributed by atoms with Crippen LogP contribution in [0.1, 0.15) is 49.0 Å². The summed E-state index contributed by atoms with van der Waals surface area (Å²) in [5, 5.41) is 2.93. The van der Waals surface area contributed by atoms with Crippen molar-refractivity contribution in [3.63, 3.8) is 0 Å². The van der Waals surface area contributed by atoms with Gasteiger partial charge in [-0.15, -0.1) is 0 Å². The summed E-state index contributed by atoms with van der Waals surface area (Å²) in [6.45, 7) is 5.00. The van der Waals surface area contributed by atoms with Crippen LogP contribution in [0.5, 0.6) is 5.75 Å². The summed E-state index contributed by atoms with van der Waals surface area (Å²) in [6, 6.07) is 14.8. The van der Waals surface area contributed by atoms with E-state index in [0.29, 0.717) is 30.8 Å². The van der Waals surface area contributed by atoms with Crippen LogP contribution in [0.2, 0.25) is 0 Å². The molecule has 3 rings (SSSR count). The number of aryl methyl sites for hydroxylation is 1. The first-order valence-corrected chi connectivity index (χ1v) is 12.1. The number of sulfonamides is 1. The summed E-state index contributed by atoms with van der Waals surface area (Å²) in [5.74, 6) is 0.825. The number of hydrogen-bond donors (Lipinski definition) is 1. The number of amides is 1. The van der Waals surface area contributed by atoms with Gasteiger partial charge >= 0.3 is 0 Å². The summed E-state index contributed by atoms with van der Waals surface area (Å²) >= 11 is 0. The molecule has 2 aromatic rings. The molecular formula is C23H30N2O4S. The molecule has 2 aromatic carbocycles. The Labute approximate surface area is 179 Å². The second-order valence-corrected chi connectivity index (χ2v) is 9.83. The Bertz CT molecular complexity index is 973. The van der Waals surface area contributed by atoms with E-state index < -0.39 is 10.0 Å². The van der Waals surface area contributed by atoms with Crippen LogP contribution in [0.4, 0.5) is 5.69 Å². The molecule has 1 heterocycles. The molecule has 1 amide bonds. The molecule has 0 aromatic heterocycles. The fourth-order valence-electron chi connectivity index (χ4n) is 3.52. The van der Waals surface area contributed by atoms with Crippen LogP contribution in [-0.2, 0) is 16.4 Å². The van der Waals surface area contributed by atoms with E-state index in [1.807, 2.05) is 32.0 Å². The Morgan fingerprint density at radius 3 is 2.70 bits per heavy atom. The standard InChI is InChI=1S/C23H30N2O4S/c1-18(2)29-22-12-5-8-19(16-22)9-7-13-24-23(26)20-10-6-11-21(17-20)25-14-3-4-15-30(25,27)28/h5-6,8,10-12,16-18H,3-4,7,9,13-15H2,1-2H3,(H,24,26). The van der Waals surface area contributed by atoms with E-state index in [1.54, 1.807) is 24.3 Å². The summed E-state index contributed by atoms with van der Waals surface area (Å²) in [4.78, 5) is 12.5. The van der Waals surface area contributed by atoms with Crippen LogP contribution in [0.3, 0.4) is 0 Å². The van der Waals surface area contributed by atoms with Crippen LogP contribution >= 0.6 is 0 Å². The molecule has 0 radical (unpaired) electrons. The van der Waals surface area contributed by atoms with Crippen LogP contribution in [0, 0.1) is 0 Å². The third-order valence-corrected chi connectivity index (χ3v) is 6.81. The van der Waals surface area contributed by atoms with Gasteiger partial charge in [0.25, 0.3) is 5.91 Å². The number of nitrogens with zero attached hydrogens (tertiary/aromatic N) is 1. The minimum Gasteiger partial charge on any atom is -0.491 e. The Kier molecular flexibility index (Phi) is 7.37. The van der Waals surface area contributed by atoms with Crippen molar-refractivity contribution in [3.05, 3.63) is 59.7 Å². The first kappa shape index (κ1) is 22.2. The Balaban J connectivity index is 1.53. The molecule has 1 N–H and O–H groups in total. The summed E-state index contributed by atoms with van der Waals surface area (Å²) in [6.07, 6.45) is 3.29. The molecule has 0 aliphatic carbocycles. The number of ether oxygens (including phenoxy) is 1. The molecule has 1 saturated heterocycles. The van der Waals surface area contributed by atoms with Crippen molar-refractivity contribution in [2.24, 2.45) is 0 Å². The molecule has 6 nitrogen and oxygen atoms in total. The average Bonchev–Trinajstić information content (AvgIpc) is 2.70. The zero-order chi connectivity index (χ0) is 21.6. The fraction of sp³-hybridized carbons (Fsp3) is 0.435. The molecule has 7 heteroatoms. The fourth-order valence-corrected chi connectivity index (χ4v) is 5.16. The van der Waals surface area contributed by atoms with Crippen molar-refractivity contribution in [1.82, 2.24) is 5.32 Å². The van der Waals surface area contributed by atoms with Gasteiger partial charge in [0.2, 0.25) is 10.0 Å². The zero-order valence-electron chi connectivity index (χ0n) is 17.6. The van der Waals surface area contributed by atoms with Crippen molar-refractivity contribution in [3.8, 4) is 5.75 Å². The molecule has 0 bridgehead atoms.